The monoisotopic (exact) mass is 287 g/mol. The van der Waals surface area contributed by atoms with Gasteiger partial charge in [0.15, 0.2) is 0 Å². The van der Waals surface area contributed by atoms with E-state index in [9.17, 15) is 0 Å². The van der Waals surface area contributed by atoms with Crippen molar-refractivity contribution in [3.05, 3.63) is 53.0 Å². The van der Waals surface area contributed by atoms with E-state index in [0.29, 0.717) is 0 Å². The van der Waals surface area contributed by atoms with E-state index in [-0.39, 0.29) is 6.04 Å². The number of aryl methyl sites for hydroxylation is 2. The summed E-state index contributed by atoms with van der Waals surface area (Å²) < 4.78 is 10.9. The van der Waals surface area contributed by atoms with Gasteiger partial charge in [-0.2, -0.15) is 0 Å². The molecule has 0 radical (unpaired) electrons. The summed E-state index contributed by atoms with van der Waals surface area (Å²) in [5, 5.41) is 3.63. The molecular formula is C18H25NO2. The van der Waals surface area contributed by atoms with Gasteiger partial charge in [-0.3, -0.25) is 0 Å². The normalized spacial score (nSPS) is 12.4. The number of benzene rings is 1. The van der Waals surface area contributed by atoms with Gasteiger partial charge in [0.05, 0.1) is 7.11 Å². The van der Waals surface area contributed by atoms with Crippen LogP contribution < -0.4 is 10.1 Å². The van der Waals surface area contributed by atoms with E-state index in [0.717, 1.165) is 36.7 Å². The Hall–Kier alpha value is -1.74. The zero-order valence-corrected chi connectivity index (χ0v) is 13.4. The second-order valence-corrected chi connectivity index (χ2v) is 5.43. The molecule has 0 saturated carbocycles. The lowest BCUT2D eigenvalue weighted by Gasteiger charge is -2.18. The Bertz CT molecular complexity index is 557. The second-order valence-electron chi connectivity index (χ2n) is 5.43. The van der Waals surface area contributed by atoms with Gasteiger partial charge in [0.2, 0.25) is 0 Å². The van der Waals surface area contributed by atoms with Crippen molar-refractivity contribution in [1.82, 2.24) is 5.32 Å². The molecule has 1 N–H and O–H groups in total. The molecule has 1 atom stereocenters. The quantitative estimate of drug-likeness (QED) is 0.829. The summed E-state index contributed by atoms with van der Waals surface area (Å²) in [6.45, 7) is 7.23. The summed E-state index contributed by atoms with van der Waals surface area (Å²) in [7, 11) is 1.69. The minimum absolute atomic E-state index is 0.288. The first-order valence-electron chi connectivity index (χ1n) is 7.57. The fourth-order valence-electron chi connectivity index (χ4n) is 2.60. The zero-order valence-electron chi connectivity index (χ0n) is 13.4. The molecule has 0 saturated heterocycles. The van der Waals surface area contributed by atoms with Gasteiger partial charge >= 0.3 is 0 Å². The van der Waals surface area contributed by atoms with Crippen LogP contribution in [-0.2, 0) is 6.42 Å². The van der Waals surface area contributed by atoms with Crippen molar-refractivity contribution in [3.63, 3.8) is 0 Å². The highest BCUT2D eigenvalue weighted by Crippen LogP contribution is 2.25. The van der Waals surface area contributed by atoms with Crippen LogP contribution in [0.2, 0.25) is 0 Å². The molecule has 0 spiro atoms. The summed E-state index contributed by atoms with van der Waals surface area (Å²) in [5.41, 5.74) is 2.56. The van der Waals surface area contributed by atoms with E-state index >= 15 is 0 Å². The van der Waals surface area contributed by atoms with Gasteiger partial charge in [0.25, 0.3) is 0 Å². The maximum Gasteiger partial charge on any atom is 0.118 e. The summed E-state index contributed by atoms with van der Waals surface area (Å²) in [6, 6.07) is 10.7. The van der Waals surface area contributed by atoms with Crippen molar-refractivity contribution >= 4 is 0 Å². The lowest BCUT2D eigenvalue weighted by Crippen LogP contribution is -2.24. The van der Waals surface area contributed by atoms with Crippen molar-refractivity contribution in [2.75, 3.05) is 13.7 Å². The van der Waals surface area contributed by atoms with Crippen LogP contribution in [0.1, 0.15) is 42.0 Å². The third kappa shape index (κ3) is 4.11. The van der Waals surface area contributed by atoms with Gasteiger partial charge < -0.3 is 14.5 Å². The molecule has 2 rings (SSSR count). The van der Waals surface area contributed by atoms with Crippen LogP contribution in [0, 0.1) is 13.8 Å². The number of furan rings is 1. The zero-order chi connectivity index (χ0) is 15.2. The molecule has 1 heterocycles. The number of hydrogen-bond donors (Lipinski definition) is 1. The van der Waals surface area contributed by atoms with E-state index in [1.807, 2.05) is 26.0 Å². The summed E-state index contributed by atoms with van der Waals surface area (Å²) in [6.07, 6.45) is 2.07. The van der Waals surface area contributed by atoms with E-state index in [4.69, 9.17) is 9.15 Å². The van der Waals surface area contributed by atoms with Gasteiger partial charge in [0.1, 0.15) is 17.3 Å². The number of nitrogens with one attached hydrogen (secondary N) is 1. The molecule has 21 heavy (non-hydrogen) atoms. The van der Waals surface area contributed by atoms with Crippen LogP contribution >= 0.6 is 0 Å². The van der Waals surface area contributed by atoms with Gasteiger partial charge in [-0.25, -0.2) is 0 Å². The van der Waals surface area contributed by atoms with Gasteiger partial charge in [-0.15, -0.1) is 0 Å². The molecule has 0 fully saturated rings. The SMILES string of the molecule is CCCNC(Cc1ccc(OC)cc1)c1cc(C)oc1C. The molecule has 1 aromatic heterocycles. The Labute approximate surface area is 127 Å². The fraction of sp³-hybridized carbons (Fsp3) is 0.444. The highest BCUT2D eigenvalue weighted by atomic mass is 16.5. The third-order valence-corrected chi connectivity index (χ3v) is 3.69. The Balaban J connectivity index is 2.17. The molecular weight excluding hydrogens is 262 g/mol. The summed E-state index contributed by atoms with van der Waals surface area (Å²) >= 11 is 0. The van der Waals surface area contributed by atoms with Crippen molar-refractivity contribution < 1.29 is 9.15 Å². The molecule has 0 aliphatic rings. The molecule has 114 valence electrons. The van der Waals surface area contributed by atoms with Crippen LogP contribution in [0.15, 0.2) is 34.7 Å². The van der Waals surface area contributed by atoms with E-state index < -0.39 is 0 Å². The van der Waals surface area contributed by atoms with Crippen LogP contribution in [0.3, 0.4) is 0 Å². The van der Waals surface area contributed by atoms with Crippen LogP contribution in [0.4, 0.5) is 0 Å². The Morgan fingerprint density at radius 2 is 1.90 bits per heavy atom. The molecule has 3 nitrogen and oxygen atoms in total. The first kappa shape index (κ1) is 15.6. The van der Waals surface area contributed by atoms with Gasteiger partial charge in [-0.05, 0) is 57.0 Å². The predicted octanol–water partition coefficient (Wildman–Crippen LogP) is 4.19. The first-order valence-corrected chi connectivity index (χ1v) is 7.57. The minimum atomic E-state index is 0.288. The lowest BCUT2D eigenvalue weighted by molar-refractivity contribution is 0.414. The molecule has 0 amide bonds. The van der Waals surface area contributed by atoms with E-state index in [1.54, 1.807) is 7.11 Å². The van der Waals surface area contributed by atoms with Crippen LogP contribution in [0.5, 0.6) is 5.75 Å². The standard InChI is InChI=1S/C18H25NO2/c1-5-10-19-18(17-11-13(2)21-14(17)3)12-15-6-8-16(20-4)9-7-15/h6-9,11,18-19H,5,10,12H2,1-4H3. The Morgan fingerprint density at radius 1 is 1.19 bits per heavy atom. The predicted molar refractivity (Wildman–Crippen MR) is 85.9 cm³/mol. The maximum absolute atomic E-state index is 5.69. The molecule has 3 heteroatoms. The lowest BCUT2D eigenvalue weighted by atomic mass is 9.99. The molecule has 2 aromatic rings. The average molecular weight is 287 g/mol. The second kappa shape index (κ2) is 7.32. The molecule has 0 bridgehead atoms. The molecule has 0 aliphatic heterocycles. The number of rotatable bonds is 7. The summed E-state index contributed by atoms with van der Waals surface area (Å²) in [4.78, 5) is 0. The van der Waals surface area contributed by atoms with Crippen molar-refractivity contribution in [1.29, 1.82) is 0 Å². The maximum atomic E-state index is 5.69. The minimum Gasteiger partial charge on any atom is -0.497 e. The molecule has 1 unspecified atom stereocenters. The summed E-state index contributed by atoms with van der Waals surface area (Å²) in [5.74, 6) is 2.88. The average Bonchev–Trinajstić information content (AvgIpc) is 2.83. The molecule has 0 aliphatic carbocycles. The van der Waals surface area contributed by atoms with Crippen LogP contribution in [0.25, 0.3) is 0 Å². The van der Waals surface area contributed by atoms with Crippen molar-refractivity contribution in [3.8, 4) is 5.75 Å². The Morgan fingerprint density at radius 3 is 2.43 bits per heavy atom. The topological polar surface area (TPSA) is 34.4 Å². The highest BCUT2D eigenvalue weighted by molar-refractivity contribution is 5.30. The van der Waals surface area contributed by atoms with Gasteiger partial charge in [-0.1, -0.05) is 19.1 Å². The molecule has 1 aromatic carbocycles. The number of methoxy groups -OCH3 is 1. The third-order valence-electron chi connectivity index (χ3n) is 3.69. The Kier molecular flexibility index (Phi) is 5.45. The van der Waals surface area contributed by atoms with Gasteiger partial charge in [0, 0.05) is 11.6 Å². The first-order chi connectivity index (χ1) is 10.1. The van der Waals surface area contributed by atoms with Crippen LogP contribution in [-0.4, -0.2) is 13.7 Å². The smallest absolute Gasteiger partial charge is 0.118 e. The van der Waals surface area contributed by atoms with Crippen molar-refractivity contribution in [2.24, 2.45) is 0 Å². The van der Waals surface area contributed by atoms with E-state index in [2.05, 4.69) is 30.4 Å². The highest BCUT2D eigenvalue weighted by Gasteiger charge is 2.17. The number of hydrogen-bond acceptors (Lipinski definition) is 3. The van der Waals surface area contributed by atoms with Crippen molar-refractivity contribution in [2.45, 2.75) is 39.7 Å². The van der Waals surface area contributed by atoms with E-state index in [1.165, 1.54) is 11.1 Å². The largest absolute Gasteiger partial charge is 0.497 e. The number of ether oxygens (including phenoxy) is 1. The fourth-order valence-corrected chi connectivity index (χ4v) is 2.60.